The molecule has 0 radical (unpaired) electrons. The number of rotatable bonds is 2. The largest absolute Gasteiger partial charge is 0.389 e. The lowest BCUT2D eigenvalue weighted by Gasteiger charge is -1.97. The Morgan fingerprint density at radius 3 is 2.50 bits per heavy atom. The fourth-order valence-electron chi connectivity index (χ4n) is 0.278. The van der Waals surface area contributed by atoms with Crippen LogP contribution in [-0.2, 0) is 0 Å². The van der Waals surface area contributed by atoms with Crippen molar-refractivity contribution in [1.29, 1.82) is 0 Å². The normalized spacial score (nSPS) is 12.4. The van der Waals surface area contributed by atoms with Gasteiger partial charge in [-0.05, 0) is 0 Å². The third kappa shape index (κ3) is 1.92. The number of hydrogen-bond acceptors (Lipinski definition) is 1. The highest BCUT2D eigenvalue weighted by Crippen LogP contribution is 1.80. The molecular formula is C6H12NO+. The number of aliphatic hydroxyl groups excluding tert-OH is 1. The minimum Gasteiger partial charge on any atom is -0.389 e. The van der Waals surface area contributed by atoms with E-state index in [4.69, 9.17) is 5.11 Å². The zero-order valence-corrected chi connectivity index (χ0v) is 5.39. The molecule has 2 nitrogen and oxygen atoms in total. The molecule has 0 heterocycles. The van der Waals surface area contributed by atoms with Crippen LogP contribution in [0.4, 0.5) is 0 Å². The Balaban J connectivity index is 3.82. The highest BCUT2D eigenvalue weighted by Gasteiger charge is 2.05. The Kier molecular flexibility index (Phi) is 3.16. The van der Waals surface area contributed by atoms with Gasteiger partial charge in [0, 0.05) is 13.5 Å². The van der Waals surface area contributed by atoms with Crippen LogP contribution in [0.3, 0.4) is 0 Å². The Morgan fingerprint density at radius 1 is 1.88 bits per heavy atom. The van der Waals surface area contributed by atoms with Crippen molar-refractivity contribution < 1.29 is 9.68 Å². The lowest BCUT2D eigenvalue weighted by molar-refractivity contribution is -0.530. The fraction of sp³-hybridized carbons (Fsp3) is 0.667. The van der Waals surface area contributed by atoms with Gasteiger partial charge in [0.05, 0.1) is 0 Å². The predicted molar refractivity (Wildman–Crippen MR) is 33.4 cm³/mol. The molecule has 0 aromatic heterocycles. The van der Waals surface area contributed by atoms with Crippen LogP contribution < -0.4 is 0 Å². The van der Waals surface area contributed by atoms with Crippen LogP contribution in [0.5, 0.6) is 0 Å². The van der Waals surface area contributed by atoms with Gasteiger partial charge >= 0.3 is 0 Å². The van der Waals surface area contributed by atoms with Gasteiger partial charge in [0.1, 0.15) is 13.7 Å². The summed E-state index contributed by atoms with van der Waals surface area (Å²) in [6, 6.07) is 0.132. The van der Waals surface area contributed by atoms with Crippen molar-refractivity contribution in [3.05, 3.63) is 6.58 Å². The first-order chi connectivity index (χ1) is 3.72. The minimum absolute atomic E-state index is 0.132. The van der Waals surface area contributed by atoms with E-state index in [1.54, 1.807) is 4.58 Å². The molecule has 8 heavy (non-hydrogen) atoms. The van der Waals surface area contributed by atoms with Crippen molar-refractivity contribution >= 4 is 5.87 Å². The van der Waals surface area contributed by atoms with Crippen LogP contribution >= 0.6 is 0 Å². The van der Waals surface area contributed by atoms with Crippen LogP contribution in [0.2, 0.25) is 0 Å². The van der Waals surface area contributed by atoms with Gasteiger partial charge in [-0.1, -0.05) is 0 Å². The Hall–Kier alpha value is -0.590. The molecule has 0 aliphatic heterocycles. The molecule has 1 N–H and O–H groups in total. The summed E-state index contributed by atoms with van der Waals surface area (Å²) in [6.45, 7) is 5.47. The first-order valence-corrected chi connectivity index (χ1v) is 2.58. The van der Waals surface area contributed by atoms with E-state index in [2.05, 4.69) is 12.4 Å². The van der Waals surface area contributed by atoms with Crippen molar-refractivity contribution in [2.45, 2.75) is 13.0 Å². The van der Waals surface area contributed by atoms with Crippen molar-refractivity contribution in [3.63, 3.8) is 0 Å². The summed E-state index contributed by atoms with van der Waals surface area (Å²) < 4.78 is 1.74. The van der Waals surface area contributed by atoms with Gasteiger partial charge in [0.15, 0.2) is 11.9 Å². The molecule has 0 bridgehead atoms. The summed E-state index contributed by atoms with van der Waals surface area (Å²) in [7, 11) is 1.83. The molecule has 0 saturated carbocycles. The summed E-state index contributed by atoms with van der Waals surface area (Å²) in [6.07, 6.45) is 0. The average Bonchev–Trinajstić information content (AvgIpc) is 1.84. The molecule has 0 fully saturated rings. The van der Waals surface area contributed by atoms with E-state index >= 15 is 0 Å². The molecule has 0 spiro atoms. The Morgan fingerprint density at radius 2 is 2.38 bits per heavy atom. The Bertz CT molecular complexity index is 114. The smallest absolute Gasteiger partial charge is 0.181 e. The molecule has 0 aromatic carbocycles. The number of nitrogens with zero attached hydrogens (tertiary/aromatic N) is 1. The Labute approximate surface area is 49.8 Å². The standard InChI is InChI=1S/C6H12NO/c1-4-7(3)6(2)5-8/h6,8H,1,5H2,2-3H3/q+1. The number of aliphatic hydroxyl groups is 1. The van der Waals surface area contributed by atoms with Crippen LogP contribution in [-0.4, -0.2) is 35.2 Å². The quantitative estimate of drug-likeness (QED) is 0.392. The van der Waals surface area contributed by atoms with Gasteiger partial charge in [0.25, 0.3) is 0 Å². The van der Waals surface area contributed by atoms with Crippen LogP contribution in [0, 0.1) is 0 Å². The highest BCUT2D eigenvalue weighted by molar-refractivity contribution is 5.39. The molecular weight excluding hydrogens is 102 g/mol. The zero-order chi connectivity index (χ0) is 6.57. The number of likely N-dealkylation sites (N-methyl/N-ethyl adjacent to an activating group) is 1. The monoisotopic (exact) mass is 114 g/mol. The van der Waals surface area contributed by atoms with Gasteiger partial charge < -0.3 is 5.11 Å². The molecule has 0 saturated heterocycles. The SMILES string of the molecule is C=C=[N+](C)C(C)CO. The summed E-state index contributed by atoms with van der Waals surface area (Å²) in [5.74, 6) is 2.64. The third-order valence-electron chi connectivity index (χ3n) is 1.17. The van der Waals surface area contributed by atoms with E-state index in [9.17, 15) is 0 Å². The molecule has 2 heteroatoms. The zero-order valence-electron chi connectivity index (χ0n) is 5.39. The second-order valence-electron chi connectivity index (χ2n) is 1.80. The second-order valence-corrected chi connectivity index (χ2v) is 1.80. The van der Waals surface area contributed by atoms with Gasteiger partial charge in [-0.3, -0.25) is 0 Å². The van der Waals surface area contributed by atoms with E-state index < -0.39 is 0 Å². The lowest BCUT2D eigenvalue weighted by atomic mass is 10.4. The number of hydrogen-bond donors (Lipinski definition) is 1. The molecule has 46 valence electrons. The summed E-state index contributed by atoms with van der Waals surface area (Å²) in [5.41, 5.74) is 0. The summed E-state index contributed by atoms with van der Waals surface area (Å²) in [5, 5.41) is 8.53. The van der Waals surface area contributed by atoms with E-state index in [0.717, 1.165) is 0 Å². The maximum absolute atomic E-state index is 8.53. The summed E-state index contributed by atoms with van der Waals surface area (Å²) in [4.78, 5) is 0. The maximum atomic E-state index is 8.53. The molecule has 0 aliphatic carbocycles. The predicted octanol–water partition coefficient (Wildman–Crippen LogP) is -0.135. The third-order valence-corrected chi connectivity index (χ3v) is 1.17. The van der Waals surface area contributed by atoms with Gasteiger partial charge in [-0.15, -0.1) is 0 Å². The van der Waals surface area contributed by atoms with E-state index in [-0.39, 0.29) is 12.6 Å². The fourth-order valence-corrected chi connectivity index (χ4v) is 0.278. The van der Waals surface area contributed by atoms with Crippen molar-refractivity contribution in [1.82, 2.24) is 0 Å². The van der Waals surface area contributed by atoms with Gasteiger partial charge in [0.2, 0.25) is 0 Å². The average molecular weight is 114 g/mol. The van der Waals surface area contributed by atoms with Crippen LogP contribution in [0.1, 0.15) is 6.92 Å². The van der Waals surface area contributed by atoms with E-state index in [1.807, 2.05) is 14.0 Å². The van der Waals surface area contributed by atoms with Crippen LogP contribution in [0.15, 0.2) is 6.58 Å². The molecule has 1 atom stereocenters. The van der Waals surface area contributed by atoms with Crippen molar-refractivity contribution in [3.8, 4) is 0 Å². The van der Waals surface area contributed by atoms with Crippen molar-refractivity contribution in [2.75, 3.05) is 13.7 Å². The minimum atomic E-state index is 0.132. The molecule has 0 amide bonds. The molecule has 0 aliphatic rings. The maximum Gasteiger partial charge on any atom is 0.181 e. The molecule has 0 aromatic rings. The van der Waals surface area contributed by atoms with Crippen LogP contribution in [0.25, 0.3) is 0 Å². The van der Waals surface area contributed by atoms with Crippen molar-refractivity contribution in [2.24, 2.45) is 0 Å². The highest BCUT2D eigenvalue weighted by atomic mass is 16.3. The second kappa shape index (κ2) is 3.42. The topological polar surface area (TPSA) is 23.2 Å². The summed E-state index contributed by atoms with van der Waals surface area (Å²) >= 11 is 0. The van der Waals surface area contributed by atoms with E-state index in [1.165, 1.54) is 0 Å². The molecule has 0 rings (SSSR count). The van der Waals surface area contributed by atoms with Gasteiger partial charge in [-0.25, -0.2) is 0 Å². The van der Waals surface area contributed by atoms with E-state index in [0.29, 0.717) is 0 Å². The molecule has 1 unspecified atom stereocenters. The first kappa shape index (κ1) is 7.41. The first-order valence-electron chi connectivity index (χ1n) is 2.58. The van der Waals surface area contributed by atoms with Gasteiger partial charge in [-0.2, -0.15) is 4.58 Å². The lowest BCUT2D eigenvalue weighted by Crippen LogP contribution is -2.21.